The van der Waals surface area contributed by atoms with E-state index in [1.54, 1.807) is 13.8 Å². The Hall–Kier alpha value is -1.59. The number of aliphatic carboxylic acids is 1. The summed E-state index contributed by atoms with van der Waals surface area (Å²) in [5, 5.41) is 14.2. The van der Waals surface area contributed by atoms with E-state index in [1.807, 2.05) is 20.8 Å². The topological polar surface area (TPSA) is 95.5 Å². The molecule has 0 saturated heterocycles. The lowest BCUT2D eigenvalue weighted by Gasteiger charge is -2.19. The summed E-state index contributed by atoms with van der Waals surface area (Å²) in [5.41, 5.74) is -0.450. The SMILES string of the molecule is CC(C)C(NC(=O)CCCNC(=O)C(C)(C)C)C(=O)O. The molecular weight excluding hydrogens is 260 g/mol. The van der Waals surface area contributed by atoms with Crippen LogP contribution in [0.4, 0.5) is 0 Å². The predicted octanol–water partition coefficient (Wildman–Crippen LogP) is 1.15. The Kier molecular flexibility index (Phi) is 7.24. The van der Waals surface area contributed by atoms with Crippen molar-refractivity contribution in [1.29, 1.82) is 0 Å². The number of hydrogen-bond acceptors (Lipinski definition) is 3. The maximum absolute atomic E-state index is 11.6. The molecule has 0 aromatic heterocycles. The Balaban J connectivity index is 4.01. The second-order valence-electron chi connectivity index (χ2n) is 6.24. The van der Waals surface area contributed by atoms with Gasteiger partial charge in [-0.15, -0.1) is 0 Å². The molecule has 0 aliphatic rings. The van der Waals surface area contributed by atoms with E-state index in [0.717, 1.165) is 0 Å². The number of carboxylic acid groups (broad SMARTS) is 1. The minimum atomic E-state index is -1.03. The Morgan fingerprint density at radius 2 is 1.70 bits per heavy atom. The quantitative estimate of drug-likeness (QED) is 0.612. The van der Waals surface area contributed by atoms with E-state index in [1.165, 1.54) is 0 Å². The lowest BCUT2D eigenvalue weighted by atomic mass is 9.96. The molecule has 3 N–H and O–H groups in total. The van der Waals surface area contributed by atoms with Crippen molar-refractivity contribution in [2.24, 2.45) is 11.3 Å². The van der Waals surface area contributed by atoms with Gasteiger partial charge in [0.2, 0.25) is 11.8 Å². The minimum Gasteiger partial charge on any atom is -0.480 e. The average Bonchev–Trinajstić information content (AvgIpc) is 2.29. The Morgan fingerprint density at radius 3 is 2.10 bits per heavy atom. The van der Waals surface area contributed by atoms with Crippen LogP contribution in [-0.2, 0) is 14.4 Å². The molecule has 0 heterocycles. The van der Waals surface area contributed by atoms with Crippen LogP contribution in [0.2, 0.25) is 0 Å². The van der Waals surface area contributed by atoms with Gasteiger partial charge in [0.25, 0.3) is 0 Å². The molecule has 0 saturated carbocycles. The summed E-state index contributed by atoms with van der Waals surface area (Å²) in [6.45, 7) is 9.33. The first kappa shape index (κ1) is 18.4. The van der Waals surface area contributed by atoms with Crippen molar-refractivity contribution < 1.29 is 19.5 Å². The van der Waals surface area contributed by atoms with Gasteiger partial charge in [0.05, 0.1) is 0 Å². The Bertz CT molecular complexity index is 359. The van der Waals surface area contributed by atoms with Crippen molar-refractivity contribution >= 4 is 17.8 Å². The summed E-state index contributed by atoms with van der Waals surface area (Å²) < 4.78 is 0. The zero-order valence-corrected chi connectivity index (χ0v) is 12.9. The molecule has 0 bridgehead atoms. The van der Waals surface area contributed by atoms with Crippen molar-refractivity contribution in [3.63, 3.8) is 0 Å². The second-order valence-corrected chi connectivity index (χ2v) is 6.24. The normalized spacial score (nSPS) is 12.9. The van der Waals surface area contributed by atoms with Crippen LogP contribution in [0.15, 0.2) is 0 Å². The molecule has 0 aromatic rings. The van der Waals surface area contributed by atoms with Gasteiger partial charge < -0.3 is 15.7 Å². The van der Waals surface area contributed by atoms with Gasteiger partial charge in [-0.2, -0.15) is 0 Å². The maximum Gasteiger partial charge on any atom is 0.326 e. The van der Waals surface area contributed by atoms with Crippen LogP contribution in [0, 0.1) is 11.3 Å². The maximum atomic E-state index is 11.6. The third kappa shape index (κ3) is 7.11. The summed E-state index contributed by atoms with van der Waals surface area (Å²) in [6.07, 6.45) is 0.680. The molecule has 0 rings (SSSR count). The van der Waals surface area contributed by atoms with Crippen LogP contribution in [0.1, 0.15) is 47.5 Å². The number of carbonyl (C=O) groups excluding carboxylic acids is 2. The Labute approximate surface area is 120 Å². The fourth-order valence-corrected chi connectivity index (χ4v) is 1.48. The zero-order valence-electron chi connectivity index (χ0n) is 12.9. The number of rotatable bonds is 7. The number of amides is 2. The molecule has 0 aromatic carbocycles. The molecule has 2 amide bonds. The summed E-state index contributed by atoms with van der Waals surface area (Å²) in [5.74, 6) is -1.58. The molecule has 116 valence electrons. The first-order chi connectivity index (χ1) is 9.05. The second kappa shape index (κ2) is 7.87. The molecule has 0 aliphatic carbocycles. The fourth-order valence-electron chi connectivity index (χ4n) is 1.48. The third-order valence-corrected chi connectivity index (χ3v) is 2.80. The number of carbonyl (C=O) groups is 3. The lowest BCUT2D eigenvalue weighted by Crippen LogP contribution is -2.44. The van der Waals surface area contributed by atoms with E-state index in [2.05, 4.69) is 10.6 Å². The van der Waals surface area contributed by atoms with Gasteiger partial charge >= 0.3 is 5.97 Å². The van der Waals surface area contributed by atoms with Gasteiger partial charge in [0, 0.05) is 18.4 Å². The molecule has 0 aliphatic heterocycles. The zero-order chi connectivity index (χ0) is 15.9. The highest BCUT2D eigenvalue weighted by atomic mass is 16.4. The largest absolute Gasteiger partial charge is 0.480 e. The van der Waals surface area contributed by atoms with Crippen LogP contribution in [0.5, 0.6) is 0 Å². The highest BCUT2D eigenvalue weighted by molar-refractivity contribution is 5.84. The molecule has 0 spiro atoms. The molecule has 0 fully saturated rings. The van der Waals surface area contributed by atoms with Gasteiger partial charge in [0.1, 0.15) is 6.04 Å². The van der Waals surface area contributed by atoms with E-state index < -0.39 is 17.4 Å². The molecular formula is C14H26N2O4. The van der Waals surface area contributed by atoms with Crippen molar-refractivity contribution in [3.05, 3.63) is 0 Å². The first-order valence-corrected chi connectivity index (χ1v) is 6.86. The number of nitrogens with one attached hydrogen (secondary N) is 2. The summed E-state index contributed by atoms with van der Waals surface area (Å²) in [4.78, 5) is 34.1. The van der Waals surface area contributed by atoms with Crippen molar-refractivity contribution in [1.82, 2.24) is 10.6 Å². The summed E-state index contributed by atoms with van der Waals surface area (Å²) in [6, 6.07) is -0.869. The van der Waals surface area contributed by atoms with Crippen LogP contribution < -0.4 is 10.6 Å². The standard InChI is InChI=1S/C14H26N2O4/c1-9(2)11(12(18)19)16-10(17)7-6-8-15-13(20)14(3,4)5/h9,11H,6-8H2,1-5H3,(H,15,20)(H,16,17)(H,18,19). The van der Waals surface area contributed by atoms with Crippen molar-refractivity contribution in [3.8, 4) is 0 Å². The van der Waals surface area contributed by atoms with Gasteiger partial charge in [0.15, 0.2) is 0 Å². The number of hydrogen-bond donors (Lipinski definition) is 3. The Morgan fingerprint density at radius 1 is 1.15 bits per heavy atom. The molecule has 6 heteroatoms. The van der Waals surface area contributed by atoms with E-state index in [4.69, 9.17) is 5.11 Å². The highest BCUT2D eigenvalue weighted by Crippen LogP contribution is 2.12. The van der Waals surface area contributed by atoms with Crippen LogP contribution >= 0.6 is 0 Å². The monoisotopic (exact) mass is 286 g/mol. The van der Waals surface area contributed by atoms with Gasteiger partial charge in [-0.05, 0) is 12.3 Å². The minimum absolute atomic E-state index is 0.0662. The summed E-state index contributed by atoms with van der Waals surface area (Å²) in [7, 11) is 0. The van der Waals surface area contributed by atoms with Crippen LogP contribution in [-0.4, -0.2) is 35.5 Å². The van der Waals surface area contributed by atoms with Gasteiger partial charge in [-0.1, -0.05) is 34.6 Å². The van der Waals surface area contributed by atoms with E-state index >= 15 is 0 Å². The van der Waals surface area contributed by atoms with E-state index in [-0.39, 0.29) is 24.2 Å². The third-order valence-electron chi connectivity index (χ3n) is 2.80. The van der Waals surface area contributed by atoms with Crippen molar-refractivity contribution in [2.45, 2.75) is 53.5 Å². The molecule has 1 unspecified atom stereocenters. The molecule has 6 nitrogen and oxygen atoms in total. The molecule has 20 heavy (non-hydrogen) atoms. The van der Waals surface area contributed by atoms with Crippen molar-refractivity contribution in [2.75, 3.05) is 6.54 Å². The molecule has 1 atom stereocenters. The van der Waals surface area contributed by atoms with Gasteiger partial charge in [-0.25, -0.2) is 4.79 Å². The van der Waals surface area contributed by atoms with Crippen LogP contribution in [0.25, 0.3) is 0 Å². The van der Waals surface area contributed by atoms with E-state index in [0.29, 0.717) is 13.0 Å². The fraction of sp³-hybridized carbons (Fsp3) is 0.786. The molecule has 0 radical (unpaired) electrons. The average molecular weight is 286 g/mol. The smallest absolute Gasteiger partial charge is 0.326 e. The van der Waals surface area contributed by atoms with E-state index in [9.17, 15) is 14.4 Å². The van der Waals surface area contributed by atoms with Crippen LogP contribution in [0.3, 0.4) is 0 Å². The highest BCUT2D eigenvalue weighted by Gasteiger charge is 2.23. The first-order valence-electron chi connectivity index (χ1n) is 6.86. The van der Waals surface area contributed by atoms with Gasteiger partial charge in [-0.3, -0.25) is 9.59 Å². The lowest BCUT2D eigenvalue weighted by molar-refractivity contribution is -0.143. The predicted molar refractivity (Wildman–Crippen MR) is 76.1 cm³/mol. The summed E-state index contributed by atoms with van der Waals surface area (Å²) >= 11 is 0. The number of carboxylic acids is 1.